The summed E-state index contributed by atoms with van der Waals surface area (Å²) in [6.07, 6.45) is -1.11. The molecule has 26 heavy (non-hydrogen) atoms. The van der Waals surface area contributed by atoms with Crippen LogP contribution in [0.3, 0.4) is 0 Å². The first-order valence-electron chi connectivity index (χ1n) is 8.90. The van der Waals surface area contributed by atoms with Gasteiger partial charge in [-0.1, -0.05) is 0 Å². The third-order valence-corrected chi connectivity index (χ3v) is 4.39. The summed E-state index contributed by atoms with van der Waals surface area (Å²) in [6, 6.07) is 3.51. The molecule has 2 heterocycles. The molecule has 3 atom stereocenters. The minimum atomic E-state index is -1.20. The lowest BCUT2D eigenvalue weighted by Crippen LogP contribution is -2.37. The second kappa shape index (κ2) is 7.39. The minimum absolute atomic E-state index is 0.0813. The molecule has 144 valence electrons. The van der Waals surface area contributed by atoms with Crippen molar-refractivity contribution in [1.29, 1.82) is 0 Å². The average molecular weight is 369 g/mol. The SMILES string of the molecule is CC(C)(C)OC(=O)N1CC(F)CC1c1cc(F)ccc1OC1CCOC1. The van der Waals surface area contributed by atoms with Gasteiger partial charge in [0, 0.05) is 18.4 Å². The van der Waals surface area contributed by atoms with Gasteiger partial charge >= 0.3 is 6.09 Å². The highest BCUT2D eigenvalue weighted by Gasteiger charge is 2.40. The first-order valence-corrected chi connectivity index (χ1v) is 8.90. The molecular formula is C19H25F2NO4. The summed E-state index contributed by atoms with van der Waals surface area (Å²) < 4.78 is 44.7. The van der Waals surface area contributed by atoms with E-state index >= 15 is 0 Å². The average Bonchev–Trinajstić information content (AvgIpc) is 3.17. The number of likely N-dealkylation sites (tertiary alicyclic amines) is 1. The van der Waals surface area contributed by atoms with Crippen LogP contribution in [0.2, 0.25) is 0 Å². The fourth-order valence-corrected chi connectivity index (χ4v) is 3.27. The number of hydrogen-bond acceptors (Lipinski definition) is 4. The number of alkyl halides is 1. The lowest BCUT2D eigenvalue weighted by molar-refractivity contribution is 0.0213. The summed E-state index contributed by atoms with van der Waals surface area (Å²) in [6.45, 7) is 6.24. The van der Waals surface area contributed by atoms with Gasteiger partial charge in [-0.05, 0) is 39.0 Å². The molecule has 7 heteroatoms. The summed E-state index contributed by atoms with van der Waals surface area (Å²) in [5, 5.41) is 0. The number of rotatable bonds is 3. The van der Waals surface area contributed by atoms with Crippen molar-refractivity contribution >= 4 is 6.09 Å². The molecular weight excluding hydrogens is 344 g/mol. The second-order valence-corrected chi connectivity index (χ2v) is 7.77. The molecule has 2 saturated heterocycles. The van der Waals surface area contributed by atoms with Crippen LogP contribution < -0.4 is 4.74 Å². The molecule has 0 spiro atoms. The smallest absolute Gasteiger partial charge is 0.410 e. The highest BCUT2D eigenvalue weighted by molar-refractivity contribution is 5.69. The van der Waals surface area contributed by atoms with E-state index in [9.17, 15) is 13.6 Å². The largest absolute Gasteiger partial charge is 0.488 e. The summed E-state index contributed by atoms with van der Waals surface area (Å²) in [5.74, 6) is -0.00368. The third kappa shape index (κ3) is 4.44. The Morgan fingerprint density at radius 1 is 1.35 bits per heavy atom. The van der Waals surface area contributed by atoms with Gasteiger partial charge in [-0.25, -0.2) is 13.6 Å². The summed E-state index contributed by atoms with van der Waals surface area (Å²) in [7, 11) is 0. The Bertz CT molecular complexity index is 655. The molecule has 0 radical (unpaired) electrons. The van der Waals surface area contributed by atoms with Crippen molar-refractivity contribution in [1.82, 2.24) is 4.90 Å². The van der Waals surface area contributed by atoms with Crippen molar-refractivity contribution in [2.75, 3.05) is 19.8 Å². The van der Waals surface area contributed by atoms with Crippen LogP contribution in [0.4, 0.5) is 13.6 Å². The van der Waals surface area contributed by atoms with E-state index in [1.165, 1.54) is 23.1 Å². The number of benzene rings is 1. The molecule has 1 amide bonds. The van der Waals surface area contributed by atoms with Gasteiger partial charge in [0.05, 0.1) is 25.8 Å². The zero-order valence-electron chi connectivity index (χ0n) is 15.3. The Kier molecular flexibility index (Phi) is 5.37. The van der Waals surface area contributed by atoms with Crippen LogP contribution in [0.25, 0.3) is 0 Å². The Morgan fingerprint density at radius 3 is 2.77 bits per heavy atom. The van der Waals surface area contributed by atoms with Crippen LogP contribution in [-0.4, -0.2) is 48.6 Å². The molecule has 5 nitrogen and oxygen atoms in total. The van der Waals surface area contributed by atoms with Gasteiger partial charge < -0.3 is 14.2 Å². The number of hydrogen-bond donors (Lipinski definition) is 0. The van der Waals surface area contributed by atoms with E-state index in [0.717, 1.165) is 6.42 Å². The number of carbonyl (C=O) groups excluding carboxylic acids is 1. The fourth-order valence-electron chi connectivity index (χ4n) is 3.27. The predicted molar refractivity (Wildman–Crippen MR) is 91.4 cm³/mol. The number of ether oxygens (including phenoxy) is 3. The van der Waals surface area contributed by atoms with Gasteiger partial charge in [-0.3, -0.25) is 4.90 Å². The van der Waals surface area contributed by atoms with E-state index < -0.39 is 29.7 Å². The molecule has 3 rings (SSSR count). The first kappa shape index (κ1) is 18.9. The van der Waals surface area contributed by atoms with Crippen molar-refractivity contribution in [3.63, 3.8) is 0 Å². The molecule has 2 aliphatic rings. The second-order valence-electron chi connectivity index (χ2n) is 7.77. The highest BCUT2D eigenvalue weighted by atomic mass is 19.1. The number of amides is 1. The van der Waals surface area contributed by atoms with Crippen molar-refractivity contribution in [2.24, 2.45) is 0 Å². The Labute approximate surface area is 152 Å². The molecule has 0 aromatic heterocycles. The molecule has 3 unspecified atom stereocenters. The lowest BCUT2D eigenvalue weighted by atomic mass is 10.0. The predicted octanol–water partition coefficient (Wildman–Crippen LogP) is 4.01. The van der Waals surface area contributed by atoms with Gasteiger partial charge in [0.15, 0.2) is 0 Å². The topological polar surface area (TPSA) is 48.0 Å². The minimum Gasteiger partial charge on any atom is -0.488 e. The number of carbonyl (C=O) groups is 1. The number of nitrogens with zero attached hydrogens (tertiary/aromatic N) is 1. The van der Waals surface area contributed by atoms with Gasteiger partial charge in [0.2, 0.25) is 0 Å². The van der Waals surface area contributed by atoms with Crippen molar-refractivity contribution in [3.8, 4) is 5.75 Å². The molecule has 1 aromatic rings. The standard InChI is InChI=1S/C19H25F2NO4/c1-19(2,3)26-18(23)22-10-13(21)9-16(22)15-8-12(20)4-5-17(15)25-14-6-7-24-11-14/h4-5,8,13-14,16H,6-7,9-11H2,1-3H3. The van der Waals surface area contributed by atoms with Crippen LogP contribution >= 0.6 is 0 Å². The van der Waals surface area contributed by atoms with E-state index in [0.29, 0.717) is 24.5 Å². The molecule has 0 bridgehead atoms. The van der Waals surface area contributed by atoms with Crippen LogP contribution in [0.15, 0.2) is 18.2 Å². The quantitative estimate of drug-likeness (QED) is 0.808. The molecule has 2 aliphatic heterocycles. The van der Waals surface area contributed by atoms with Gasteiger partial charge in [0.1, 0.15) is 29.4 Å². The maximum atomic E-state index is 14.1. The van der Waals surface area contributed by atoms with E-state index in [-0.39, 0.29) is 19.1 Å². The van der Waals surface area contributed by atoms with E-state index in [2.05, 4.69) is 0 Å². The monoisotopic (exact) mass is 369 g/mol. The zero-order valence-corrected chi connectivity index (χ0v) is 15.3. The maximum absolute atomic E-state index is 14.1. The molecule has 2 fully saturated rings. The molecule has 1 aromatic carbocycles. The lowest BCUT2D eigenvalue weighted by Gasteiger charge is -2.29. The van der Waals surface area contributed by atoms with Crippen molar-refractivity contribution < 1.29 is 27.8 Å². The molecule has 0 aliphatic carbocycles. The van der Waals surface area contributed by atoms with Crippen LogP contribution in [-0.2, 0) is 9.47 Å². The van der Waals surface area contributed by atoms with Crippen LogP contribution in [0.1, 0.15) is 45.2 Å². The fraction of sp³-hybridized carbons (Fsp3) is 0.632. The van der Waals surface area contributed by atoms with E-state index in [1.54, 1.807) is 20.8 Å². The summed E-state index contributed by atoms with van der Waals surface area (Å²) in [4.78, 5) is 13.8. The third-order valence-electron chi connectivity index (χ3n) is 4.39. The Balaban J connectivity index is 1.87. The van der Waals surface area contributed by atoms with E-state index in [1.807, 2.05) is 0 Å². The summed E-state index contributed by atoms with van der Waals surface area (Å²) in [5.41, 5.74) is -0.235. The van der Waals surface area contributed by atoms with Gasteiger partial charge in [-0.15, -0.1) is 0 Å². The Morgan fingerprint density at radius 2 is 2.12 bits per heavy atom. The molecule has 0 N–H and O–H groups in total. The van der Waals surface area contributed by atoms with Crippen molar-refractivity contribution in [2.45, 2.75) is 57.5 Å². The zero-order chi connectivity index (χ0) is 18.9. The summed E-state index contributed by atoms with van der Waals surface area (Å²) >= 11 is 0. The van der Waals surface area contributed by atoms with E-state index in [4.69, 9.17) is 14.2 Å². The normalized spacial score (nSPS) is 26.2. The van der Waals surface area contributed by atoms with Gasteiger partial charge in [-0.2, -0.15) is 0 Å². The van der Waals surface area contributed by atoms with Crippen LogP contribution in [0, 0.1) is 5.82 Å². The first-order chi connectivity index (χ1) is 12.2. The number of halogens is 2. The van der Waals surface area contributed by atoms with Gasteiger partial charge in [0.25, 0.3) is 0 Å². The van der Waals surface area contributed by atoms with Crippen LogP contribution in [0.5, 0.6) is 5.75 Å². The van der Waals surface area contributed by atoms with Crippen molar-refractivity contribution in [3.05, 3.63) is 29.6 Å². The Hall–Kier alpha value is -1.89. The highest BCUT2D eigenvalue weighted by Crippen LogP contribution is 2.40. The molecule has 0 saturated carbocycles. The maximum Gasteiger partial charge on any atom is 0.410 e.